The molecule has 1 aromatic rings. The van der Waals surface area contributed by atoms with Crippen molar-refractivity contribution in [1.82, 2.24) is 14.7 Å². The number of amides is 1. The van der Waals surface area contributed by atoms with Gasteiger partial charge in [-0.05, 0) is 32.3 Å². The van der Waals surface area contributed by atoms with Gasteiger partial charge in [0.15, 0.2) is 0 Å². The molecule has 2 unspecified atom stereocenters. The number of carboxylic acid groups (broad SMARTS) is 1. The molecule has 1 aliphatic rings. The van der Waals surface area contributed by atoms with Crippen LogP contribution in [-0.2, 0) is 9.59 Å². The van der Waals surface area contributed by atoms with E-state index >= 15 is 0 Å². The molecular formula is C13H19N3O3. The van der Waals surface area contributed by atoms with Crippen molar-refractivity contribution < 1.29 is 14.7 Å². The van der Waals surface area contributed by atoms with Crippen molar-refractivity contribution >= 4 is 11.9 Å². The van der Waals surface area contributed by atoms with E-state index in [9.17, 15) is 9.59 Å². The lowest BCUT2D eigenvalue weighted by Gasteiger charge is -2.36. The van der Waals surface area contributed by atoms with Gasteiger partial charge in [-0.15, -0.1) is 0 Å². The summed E-state index contributed by atoms with van der Waals surface area (Å²) >= 11 is 0. The molecule has 0 bridgehead atoms. The molecule has 1 aromatic heterocycles. The molecule has 0 spiro atoms. The molecule has 1 saturated heterocycles. The third-order valence-electron chi connectivity index (χ3n) is 3.60. The Morgan fingerprint density at radius 3 is 2.89 bits per heavy atom. The Morgan fingerprint density at radius 1 is 1.47 bits per heavy atom. The van der Waals surface area contributed by atoms with Gasteiger partial charge in [-0.1, -0.05) is 0 Å². The molecule has 0 aromatic carbocycles. The molecule has 1 N–H and O–H groups in total. The fraction of sp³-hybridized carbons (Fsp3) is 0.615. The van der Waals surface area contributed by atoms with Crippen LogP contribution in [0.15, 0.2) is 18.5 Å². The van der Waals surface area contributed by atoms with E-state index < -0.39 is 5.97 Å². The molecule has 104 valence electrons. The standard InChI is InChI=1S/C13H19N3O3/c1-10(16-8-4-6-14-16)13(19)15-7-3-2-5-11(15)9-12(17)18/h4,6,8,10-11H,2-3,5,7,9H2,1H3,(H,17,18). The number of nitrogens with zero attached hydrogens (tertiary/aromatic N) is 3. The maximum Gasteiger partial charge on any atom is 0.305 e. The van der Waals surface area contributed by atoms with Gasteiger partial charge >= 0.3 is 5.97 Å². The Balaban J connectivity index is 2.08. The van der Waals surface area contributed by atoms with Crippen molar-refractivity contribution in [3.05, 3.63) is 18.5 Å². The molecule has 1 fully saturated rings. The lowest BCUT2D eigenvalue weighted by Crippen LogP contribution is -2.47. The average Bonchev–Trinajstić information content (AvgIpc) is 2.91. The average molecular weight is 265 g/mol. The van der Waals surface area contributed by atoms with Crippen molar-refractivity contribution in [2.45, 2.75) is 44.7 Å². The molecule has 1 aliphatic heterocycles. The first kappa shape index (κ1) is 13.6. The molecule has 0 radical (unpaired) electrons. The number of hydrogen-bond donors (Lipinski definition) is 1. The molecule has 6 nitrogen and oxygen atoms in total. The Labute approximate surface area is 112 Å². The molecule has 19 heavy (non-hydrogen) atoms. The second kappa shape index (κ2) is 5.86. The zero-order chi connectivity index (χ0) is 13.8. The molecular weight excluding hydrogens is 246 g/mol. The number of hydrogen-bond acceptors (Lipinski definition) is 3. The van der Waals surface area contributed by atoms with Crippen LogP contribution < -0.4 is 0 Å². The monoisotopic (exact) mass is 265 g/mol. The smallest absolute Gasteiger partial charge is 0.305 e. The number of likely N-dealkylation sites (tertiary alicyclic amines) is 1. The van der Waals surface area contributed by atoms with Gasteiger partial charge in [-0.2, -0.15) is 5.10 Å². The highest BCUT2D eigenvalue weighted by Crippen LogP contribution is 2.23. The minimum Gasteiger partial charge on any atom is -0.481 e. The predicted molar refractivity (Wildman–Crippen MR) is 68.5 cm³/mol. The molecule has 0 aliphatic carbocycles. The number of carbonyl (C=O) groups is 2. The molecule has 2 atom stereocenters. The van der Waals surface area contributed by atoms with Crippen molar-refractivity contribution in [1.29, 1.82) is 0 Å². The van der Waals surface area contributed by atoms with E-state index in [0.29, 0.717) is 6.54 Å². The minimum atomic E-state index is -0.851. The fourth-order valence-electron chi connectivity index (χ4n) is 2.57. The van der Waals surface area contributed by atoms with Crippen LogP contribution in [0.1, 0.15) is 38.6 Å². The van der Waals surface area contributed by atoms with E-state index in [1.807, 2.05) is 0 Å². The van der Waals surface area contributed by atoms with Gasteiger partial charge in [-0.25, -0.2) is 0 Å². The van der Waals surface area contributed by atoms with Crippen molar-refractivity contribution in [2.24, 2.45) is 0 Å². The van der Waals surface area contributed by atoms with E-state index in [1.165, 1.54) is 0 Å². The second-order valence-electron chi connectivity index (χ2n) is 4.94. The van der Waals surface area contributed by atoms with Crippen molar-refractivity contribution in [3.8, 4) is 0 Å². The minimum absolute atomic E-state index is 0.0254. The highest BCUT2D eigenvalue weighted by molar-refractivity contribution is 5.81. The normalized spacial score (nSPS) is 21.1. The van der Waals surface area contributed by atoms with Crippen LogP contribution in [0.5, 0.6) is 0 Å². The third-order valence-corrected chi connectivity index (χ3v) is 3.60. The number of aliphatic carboxylic acids is 1. The van der Waals surface area contributed by atoms with Gasteiger partial charge in [0.2, 0.25) is 5.91 Å². The number of aromatic nitrogens is 2. The SMILES string of the molecule is CC(C(=O)N1CCCCC1CC(=O)O)n1cccn1. The lowest BCUT2D eigenvalue weighted by atomic mass is 9.98. The Hall–Kier alpha value is -1.85. The van der Waals surface area contributed by atoms with Crippen LogP contribution in [0, 0.1) is 0 Å². The maximum absolute atomic E-state index is 12.5. The summed E-state index contributed by atoms with van der Waals surface area (Å²) in [6, 6.07) is 1.20. The summed E-state index contributed by atoms with van der Waals surface area (Å²) in [5.74, 6) is -0.897. The summed E-state index contributed by atoms with van der Waals surface area (Å²) in [4.78, 5) is 25.1. The summed E-state index contributed by atoms with van der Waals surface area (Å²) in [7, 11) is 0. The molecule has 1 amide bonds. The highest BCUT2D eigenvalue weighted by atomic mass is 16.4. The predicted octanol–water partition coefficient (Wildman–Crippen LogP) is 1.30. The second-order valence-corrected chi connectivity index (χ2v) is 4.94. The zero-order valence-corrected chi connectivity index (χ0v) is 11.0. The molecule has 0 saturated carbocycles. The van der Waals surface area contributed by atoms with E-state index in [0.717, 1.165) is 19.3 Å². The Kier molecular flexibility index (Phi) is 4.19. The van der Waals surface area contributed by atoms with E-state index in [2.05, 4.69) is 5.10 Å². The van der Waals surface area contributed by atoms with Crippen LogP contribution in [0.3, 0.4) is 0 Å². The number of piperidine rings is 1. The number of carboxylic acids is 1. The van der Waals surface area contributed by atoms with E-state index in [-0.39, 0.29) is 24.4 Å². The Morgan fingerprint density at radius 2 is 2.26 bits per heavy atom. The molecule has 2 heterocycles. The third kappa shape index (κ3) is 3.13. The van der Waals surface area contributed by atoms with Crippen molar-refractivity contribution in [3.63, 3.8) is 0 Å². The number of carbonyl (C=O) groups excluding carboxylic acids is 1. The summed E-state index contributed by atoms with van der Waals surface area (Å²) in [6.45, 7) is 2.43. The first-order chi connectivity index (χ1) is 9.09. The van der Waals surface area contributed by atoms with Crippen LogP contribution >= 0.6 is 0 Å². The van der Waals surface area contributed by atoms with E-state index in [1.54, 1.807) is 35.0 Å². The molecule has 2 rings (SSSR count). The summed E-state index contributed by atoms with van der Waals surface area (Å²) < 4.78 is 1.61. The quantitative estimate of drug-likeness (QED) is 0.890. The molecule has 6 heteroatoms. The van der Waals surface area contributed by atoms with Gasteiger partial charge in [-0.3, -0.25) is 14.3 Å². The van der Waals surface area contributed by atoms with Gasteiger partial charge in [0.25, 0.3) is 0 Å². The van der Waals surface area contributed by atoms with Crippen LogP contribution in [0.25, 0.3) is 0 Å². The van der Waals surface area contributed by atoms with Crippen LogP contribution in [0.2, 0.25) is 0 Å². The van der Waals surface area contributed by atoms with Gasteiger partial charge in [0, 0.05) is 25.0 Å². The van der Waals surface area contributed by atoms with Crippen LogP contribution in [0.4, 0.5) is 0 Å². The zero-order valence-electron chi connectivity index (χ0n) is 11.0. The topological polar surface area (TPSA) is 75.4 Å². The van der Waals surface area contributed by atoms with E-state index in [4.69, 9.17) is 5.11 Å². The summed E-state index contributed by atoms with van der Waals surface area (Å²) in [5.41, 5.74) is 0. The van der Waals surface area contributed by atoms with Crippen molar-refractivity contribution in [2.75, 3.05) is 6.54 Å². The van der Waals surface area contributed by atoms with Gasteiger partial charge in [0.1, 0.15) is 6.04 Å². The van der Waals surface area contributed by atoms with Gasteiger partial charge < -0.3 is 10.0 Å². The van der Waals surface area contributed by atoms with Crippen LogP contribution in [-0.4, -0.2) is 44.3 Å². The Bertz CT molecular complexity index is 444. The summed E-state index contributed by atoms with van der Waals surface area (Å²) in [5, 5.41) is 13.0. The fourth-order valence-corrected chi connectivity index (χ4v) is 2.57. The largest absolute Gasteiger partial charge is 0.481 e. The first-order valence-electron chi connectivity index (χ1n) is 6.61. The maximum atomic E-state index is 12.5. The van der Waals surface area contributed by atoms with Gasteiger partial charge in [0.05, 0.1) is 6.42 Å². The lowest BCUT2D eigenvalue weighted by molar-refractivity contribution is -0.143. The summed E-state index contributed by atoms with van der Waals surface area (Å²) in [6.07, 6.45) is 6.10. The highest BCUT2D eigenvalue weighted by Gasteiger charge is 2.31. The number of rotatable bonds is 4. The first-order valence-corrected chi connectivity index (χ1v) is 6.61.